The fourth-order valence-electron chi connectivity index (χ4n) is 0.0745. The topological polar surface area (TPSA) is 46.2 Å². The molecule has 0 aliphatic rings. The zero-order valence-corrected chi connectivity index (χ0v) is 4.36. The van der Waals surface area contributed by atoms with Crippen LogP contribution in [0.25, 0.3) is 0 Å². The Kier molecular flexibility index (Phi) is 3.62. The molecule has 2 nitrogen and oxygen atoms in total. The molecule has 6 heavy (non-hydrogen) atoms. The quantitative estimate of drug-likeness (QED) is 0.406. The Labute approximate surface area is 42.8 Å². The molecule has 0 aromatic carbocycles. The monoisotopic (exact) mass is 107 g/mol. The van der Waals surface area contributed by atoms with Crippen molar-refractivity contribution in [2.24, 2.45) is 5.73 Å². The number of thiol groups is 1. The van der Waals surface area contributed by atoms with Crippen molar-refractivity contribution in [3.63, 3.8) is 0 Å². The fraction of sp³-hybridized carbons (Fsp3) is 1.00. The lowest BCUT2D eigenvalue weighted by molar-refractivity contribution is 0.208. The molecule has 0 spiro atoms. The van der Waals surface area contributed by atoms with Crippen LogP contribution in [0.2, 0.25) is 0 Å². The second-order valence-electron chi connectivity index (χ2n) is 1.07. The third-order valence-corrected chi connectivity index (χ3v) is 0.904. The van der Waals surface area contributed by atoms with Gasteiger partial charge in [0.1, 0.15) is 0 Å². The minimum absolute atomic E-state index is 0.309. The van der Waals surface area contributed by atoms with Gasteiger partial charge in [-0.2, -0.15) is 12.6 Å². The van der Waals surface area contributed by atoms with Crippen LogP contribution in [0.5, 0.6) is 0 Å². The molecule has 38 valence electrons. The molecular weight excluding hydrogens is 98.1 g/mol. The molecule has 0 saturated heterocycles. The van der Waals surface area contributed by atoms with Gasteiger partial charge in [0.25, 0.3) is 0 Å². The Morgan fingerprint density at radius 2 is 2.33 bits per heavy atom. The maximum atomic E-state index is 8.47. The average molecular weight is 107 g/mol. The second-order valence-corrected chi connectivity index (χ2v) is 1.44. The van der Waals surface area contributed by atoms with Crippen LogP contribution in [-0.4, -0.2) is 23.5 Å². The van der Waals surface area contributed by atoms with Gasteiger partial charge < -0.3 is 10.8 Å². The van der Waals surface area contributed by atoms with Crippen molar-refractivity contribution in [1.82, 2.24) is 0 Å². The van der Waals surface area contributed by atoms with E-state index in [0.29, 0.717) is 12.3 Å². The predicted octanol–water partition coefficient (Wildman–Crippen LogP) is -0.764. The lowest BCUT2D eigenvalue weighted by Crippen LogP contribution is -2.20. The first-order valence-electron chi connectivity index (χ1n) is 1.80. The summed E-state index contributed by atoms with van der Waals surface area (Å²) in [5.74, 6) is 0.455. The molecule has 0 aliphatic heterocycles. The SMILES string of the molecule is NCC(O)CS. The van der Waals surface area contributed by atoms with Gasteiger partial charge in [0.05, 0.1) is 6.10 Å². The van der Waals surface area contributed by atoms with E-state index in [2.05, 4.69) is 12.6 Å². The smallest absolute Gasteiger partial charge is 0.0750 e. The molecule has 0 fully saturated rings. The molecule has 0 aromatic rings. The first-order valence-corrected chi connectivity index (χ1v) is 2.43. The van der Waals surface area contributed by atoms with Crippen molar-refractivity contribution >= 4 is 12.6 Å². The van der Waals surface area contributed by atoms with Gasteiger partial charge in [0.15, 0.2) is 0 Å². The first kappa shape index (κ1) is 6.27. The number of aliphatic hydroxyl groups excluding tert-OH is 1. The first-order chi connectivity index (χ1) is 2.81. The van der Waals surface area contributed by atoms with Crippen molar-refractivity contribution in [3.05, 3.63) is 0 Å². The highest BCUT2D eigenvalue weighted by atomic mass is 32.1. The van der Waals surface area contributed by atoms with E-state index in [-0.39, 0.29) is 0 Å². The minimum atomic E-state index is -0.423. The predicted molar refractivity (Wildman–Crippen MR) is 28.9 cm³/mol. The fourth-order valence-corrected chi connectivity index (χ4v) is 0.224. The van der Waals surface area contributed by atoms with Crippen molar-refractivity contribution in [1.29, 1.82) is 0 Å². The van der Waals surface area contributed by atoms with Gasteiger partial charge in [-0.25, -0.2) is 0 Å². The van der Waals surface area contributed by atoms with Crippen LogP contribution in [0.15, 0.2) is 0 Å². The van der Waals surface area contributed by atoms with Crippen molar-refractivity contribution in [2.75, 3.05) is 12.3 Å². The van der Waals surface area contributed by atoms with Crippen LogP contribution in [0.1, 0.15) is 0 Å². The lowest BCUT2D eigenvalue weighted by Gasteiger charge is -1.97. The molecule has 0 saturated carbocycles. The minimum Gasteiger partial charge on any atom is -0.391 e. The molecule has 0 bridgehead atoms. The standard InChI is InChI=1S/C3H9NOS/c4-1-3(5)2-6/h3,5-6H,1-2,4H2. The summed E-state index contributed by atoms with van der Waals surface area (Å²) in [6, 6.07) is 0. The van der Waals surface area contributed by atoms with Gasteiger partial charge in [0, 0.05) is 12.3 Å². The summed E-state index contributed by atoms with van der Waals surface area (Å²) >= 11 is 3.77. The number of hydrogen-bond donors (Lipinski definition) is 3. The molecule has 3 N–H and O–H groups in total. The molecule has 1 atom stereocenters. The highest BCUT2D eigenvalue weighted by Gasteiger charge is 1.91. The molecule has 3 heteroatoms. The Balaban J connectivity index is 2.75. The highest BCUT2D eigenvalue weighted by Crippen LogP contribution is 1.79. The Hall–Kier alpha value is 0.270. The number of aliphatic hydroxyl groups is 1. The molecular formula is C3H9NOS. The molecule has 0 aliphatic carbocycles. The van der Waals surface area contributed by atoms with Gasteiger partial charge in [-0.3, -0.25) is 0 Å². The normalized spacial score (nSPS) is 14.5. The van der Waals surface area contributed by atoms with Crippen LogP contribution < -0.4 is 5.73 Å². The van der Waals surface area contributed by atoms with Crippen LogP contribution in [0.3, 0.4) is 0 Å². The van der Waals surface area contributed by atoms with Crippen molar-refractivity contribution in [2.45, 2.75) is 6.10 Å². The molecule has 0 amide bonds. The van der Waals surface area contributed by atoms with Gasteiger partial charge in [-0.05, 0) is 0 Å². The molecule has 0 radical (unpaired) electrons. The van der Waals surface area contributed by atoms with E-state index < -0.39 is 6.10 Å². The third-order valence-electron chi connectivity index (χ3n) is 0.483. The van der Waals surface area contributed by atoms with E-state index in [4.69, 9.17) is 10.8 Å². The second kappa shape index (κ2) is 3.46. The zero-order valence-electron chi connectivity index (χ0n) is 3.46. The van der Waals surface area contributed by atoms with Crippen LogP contribution in [0, 0.1) is 0 Å². The van der Waals surface area contributed by atoms with Crippen molar-refractivity contribution < 1.29 is 5.11 Å². The van der Waals surface area contributed by atoms with Crippen molar-refractivity contribution in [3.8, 4) is 0 Å². The maximum absolute atomic E-state index is 8.47. The van der Waals surface area contributed by atoms with Gasteiger partial charge in [0.2, 0.25) is 0 Å². The average Bonchev–Trinajstić information content (AvgIpc) is 1.65. The Bertz CT molecular complexity index is 30.0. The van der Waals surface area contributed by atoms with Gasteiger partial charge in [-0.15, -0.1) is 0 Å². The summed E-state index contributed by atoms with van der Waals surface area (Å²) in [6.07, 6.45) is -0.423. The number of nitrogens with two attached hydrogens (primary N) is 1. The van der Waals surface area contributed by atoms with E-state index in [1.165, 1.54) is 0 Å². The molecule has 0 aromatic heterocycles. The molecule has 0 heterocycles. The molecule has 0 rings (SSSR count). The highest BCUT2D eigenvalue weighted by molar-refractivity contribution is 7.80. The maximum Gasteiger partial charge on any atom is 0.0750 e. The zero-order chi connectivity index (χ0) is 4.99. The lowest BCUT2D eigenvalue weighted by atomic mass is 10.4. The largest absolute Gasteiger partial charge is 0.391 e. The third kappa shape index (κ3) is 2.50. The summed E-state index contributed by atoms with van der Waals surface area (Å²) in [6.45, 7) is 0.309. The Morgan fingerprint density at radius 1 is 1.83 bits per heavy atom. The number of rotatable bonds is 2. The van der Waals surface area contributed by atoms with Crippen LogP contribution in [-0.2, 0) is 0 Å². The van der Waals surface area contributed by atoms with E-state index in [9.17, 15) is 0 Å². The van der Waals surface area contributed by atoms with E-state index in [1.807, 2.05) is 0 Å². The van der Waals surface area contributed by atoms with Crippen LogP contribution >= 0.6 is 12.6 Å². The van der Waals surface area contributed by atoms with Gasteiger partial charge in [-0.1, -0.05) is 0 Å². The summed E-state index contributed by atoms with van der Waals surface area (Å²) in [5.41, 5.74) is 4.98. The Morgan fingerprint density at radius 3 is 2.33 bits per heavy atom. The number of hydrogen-bond acceptors (Lipinski definition) is 3. The van der Waals surface area contributed by atoms with E-state index in [1.54, 1.807) is 0 Å². The van der Waals surface area contributed by atoms with E-state index in [0.717, 1.165) is 0 Å². The van der Waals surface area contributed by atoms with Crippen LogP contribution in [0.4, 0.5) is 0 Å². The van der Waals surface area contributed by atoms with Gasteiger partial charge >= 0.3 is 0 Å². The summed E-state index contributed by atoms with van der Waals surface area (Å²) < 4.78 is 0. The summed E-state index contributed by atoms with van der Waals surface area (Å²) in [5, 5.41) is 8.47. The molecule has 1 unspecified atom stereocenters. The summed E-state index contributed by atoms with van der Waals surface area (Å²) in [4.78, 5) is 0. The van der Waals surface area contributed by atoms with E-state index >= 15 is 0 Å². The summed E-state index contributed by atoms with van der Waals surface area (Å²) in [7, 11) is 0.